The van der Waals surface area contributed by atoms with Crippen molar-refractivity contribution >= 4 is 0 Å². The van der Waals surface area contributed by atoms with Crippen LogP contribution in [0.1, 0.15) is 24.2 Å². The van der Waals surface area contributed by atoms with Crippen molar-refractivity contribution in [2.24, 2.45) is 0 Å². The van der Waals surface area contributed by atoms with Crippen molar-refractivity contribution in [1.29, 1.82) is 0 Å². The van der Waals surface area contributed by atoms with Gasteiger partial charge < -0.3 is 4.98 Å². The second kappa shape index (κ2) is 2.97. The van der Waals surface area contributed by atoms with Crippen molar-refractivity contribution in [3.8, 4) is 5.95 Å². The monoisotopic (exact) mass is 188 g/mol. The van der Waals surface area contributed by atoms with Crippen LogP contribution in [-0.2, 0) is 12.8 Å². The summed E-state index contributed by atoms with van der Waals surface area (Å²) in [5.41, 5.74) is 2.54. The summed E-state index contributed by atoms with van der Waals surface area (Å²) >= 11 is 0. The zero-order valence-corrected chi connectivity index (χ0v) is 7.90. The Morgan fingerprint density at radius 2 is 2.21 bits per heavy atom. The van der Waals surface area contributed by atoms with Crippen LogP contribution in [0.15, 0.2) is 18.7 Å². The quantitative estimate of drug-likeness (QED) is 0.736. The van der Waals surface area contributed by atoms with Gasteiger partial charge in [0.2, 0.25) is 5.95 Å². The predicted molar refractivity (Wildman–Crippen MR) is 52.4 cm³/mol. The minimum atomic E-state index is 0.898. The van der Waals surface area contributed by atoms with Crippen molar-refractivity contribution in [3.63, 3.8) is 0 Å². The molecule has 0 fully saturated rings. The normalized spacial score (nSPS) is 15.4. The summed E-state index contributed by atoms with van der Waals surface area (Å²) in [5.74, 6) is 0.898. The van der Waals surface area contributed by atoms with Gasteiger partial charge in [-0.3, -0.25) is 4.57 Å². The third-order valence-electron chi connectivity index (χ3n) is 2.69. The van der Waals surface area contributed by atoms with E-state index < -0.39 is 0 Å². The van der Waals surface area contributed by atoms with E-state index in [9.17, 15) is 0 Å². The molecule has 0 amide bonds. The Balaban J connectivity index is 2.04. The summed E-state index contributed by atoms with van der Waals surface area (Å²) in [6.45, 7) is 0. The maximum absolute atomic E-state index is 4.56. The van der Waals surface area contributed by atoms with Crippen LogP contribution >= 0.6 is 0 Å². The molecule has 0 bridgehead atoms. The summed E-state index contributed by atoms with van der Waals surface area (Å²) in [6.07, 6.45) is 10.2. The van der Waals surface area contributed by atoms with E-state index in [-0.39, 0.29) is 0 Å². The highest BCUT2D eigenvalue weighted by atomic mass is 15.2. The second-order valence-electron chi connectivity index (χ2n) is 3.66. The van der Waals surface area contributed by atoms with Gasteiger partial charge in [-0.15, -0.1) is 0 Å². The molecule has 14 heavy (non-hydrogen) atoms. The first-order valence-electron chi connectivity index (χ1n) is 4.99. The molecule has 1 aliphatic rings. The molecular weight excluding hydrogens is 176 g/mol. The fourth-order valence-electron chi connectivity index (χ4n) is 1.94. The first kappa shape index (κ1) is 7.79. The third kappa shape index (κ3) is 1.14. The molecule has 2 aromatic rings. The van der Waals surface area contributed by atoms with Crippen molar-refractivity contribution in [3.05, 3.63) is 30.1 Å². The lowest BCUT2D eigenvalue weighted by atomic mass is 10.0. The van der Waals surface area contributed by atoms with Crippen molar-refractivity contribution in [2.75, 3.05) is 0 Å². The van der Waals surface area contributed by atoms with Crippen molar-refractivity contribution in [1.82, 2.24) is 19.5 Å². The average molecular weight is 188 g/mol. The molecule has 1 N–H and O–H groups in total. The van der Waals surface area contributed by atoms with Crippen molar-refractivity contribution < 1.29 is 0 Å². The van der Waals surface area contributed by atoms with Crippen LogP contribution in [0.4, 0.5) is 0 Å². The molecule has 0 aliphatic heterocycles. The van der Waals surface area contributed by atoms with Gasteiger partial charge in [-0.05, 0) is 25.7 Å². The number of hydrogen-bond acceptors (Lipinski definition) is 2. The van der Waals surface area contributed by atoms with E-state index in [1.165, 1.54) is 24.2 Å². The molecule has 0 unspecified atom stereocenters. The molecule has 3 rings (SSSR count). The highest BCUT2D eigenvalue weighted by molar-refractivity contribution is 5.24. The number of fused-ring (bicyclic) bond motifs is 1. The molecule has 2 heterocycles. The second-order valence-corrected chi connectivity index (χ2v) is 3.66. The average Bonchev–Trinajstić information content (AvgIpc) is 2.86. The molecule has 0 saturated heterocycles. The summed E-state index contributed by atoms with van der Waals surface area (Å²) in [7, 11) is 0. The number of aromatic nitrogens is 4. The Morgan fingerprint density at radius 3 is 3.00 bits per heavy atom. The molecule has 0 saturated carbocycles. The minimum absolute atomic E-state index is 0.898. The standard InChI is InChI=1S/C10H12N4/c1-2-4-9-8(3-1)12-10(13-9)14-6-5-11-7-14/h5-7H,1-4H2,(H,12,13). The largest absolute Gasteiger partial charge is 0.327 e. The van der Waals surface area contributed by atoms with Gasteiger partial charge in [0.1, 0.15) is 6.33 Å². The van der Waals surface area contributed by atoms with Crippen LogP contribution in [0.25, 0.3) is 5.95 Å². The van der Waals surface area contributed by atoms with Crippen LogP contribution in [0.2, 0.25) is 0 Å². The van der Waals surface area contributed by atoms with E-state index in [1.807, 2.05) is 10.8 Å². The van der Waals surface area contributed by atoms with Crippen LogP contribution in [0, 0.1) is 0 Å². The number of aryl methyl sites for hydroxylation is 2. The van der Waals surface area contributed by atoms with Gasteiger partial charge in [-0.1, -0.05) is 0 Å². The Morgan fingerprint density at radius 1 is 1.29 bits per heavy atom. The number of H-pyrrole nitrogens is 1. The topological polar surface area (TPSA) is 46.5 Å². The van der Waals surface area contributed by atoms with E-state index in [0.29, 0.717) is 0 Å². The summed E-state index contributed by atoms with van der Waals surface area (Å²) in [5, 5.41) is 0. The van der Waals surface area contributed by atoms with Crippen molar-refractivity contribution in [2.45, 2.75) is 25.7 Å². The van der Waals surface area contributed by atoms with E-state index in [1.54, 1.807) is 12.5 Å². The Hall–Kier alpha value is -1.58. The number of nitrogens with zero attached hydrogens (tertiary/aromatic N) is 3. The van der Waals surface area contributed by atoms with Gasteiger partial charge in [0.25, 0.3) is 0 Å². The lowest BCUT2D eigenvalue weighted by Crippen LogP contribution is -2.00. The zero-order chi connectivity index (χ0) is 9.38. The van der Waals surface area contributed by atoms with Crippen LogP contribution < -0.4 is 0 Å². The Bertz CT molecular complexity index is 403. The van der Waals surface area contributed by atoms with Gasteiger partial charge in [0.05, 0.1) is 5.69 Å². The summed E-state index contributed by atoms with van der Waals surface area (Å²) in [6, 6.07) is 0. The van der Waals surface area contributed by atoms with Gasteiger partial charge in [-0.2, -0.15) is 0 Å². The van der Waals surface area contributed by atoms with Gasteiger partial charge in [-0.25, -0.2) is 9.97 Å². The highest BCUT2D eigenvalue weighted by Gasteiger charge is 2.14. The fraction of sp³-hybridized carbons (Fsp3) is 0.400. The summed E-state index contributed by atoms with van der Waals surface area (Å²) < 4.78 is 1.92. The first-order valence-corrected chi connectivity index (χ1v) is 4.99. The molecule has 0 radical (unpaired) electrons. The van der Waals surface area contributed by atoms with Gasteiger partial charge >= 0.3 is 0 Å². The molecule has 4 heteroatoms. The smallest absolute Gasteiger partial charge is 0.212 e. The van der Waals surface area contributed by atoms with Gasteiger partial charge in [0.15, 0.2) is 0 Å². The number of aromatic amines is 1. The Labute approximate surface area is 82.0 Å². The molecule has 1 aliphatic carbocycles. The molecule has 2 aromatic heterocycles. The Kier molecular flexibility index (Phi) is 1.65. The number of imidazole rings is 2. The minimum Gasteiger partial charge on any atom is -0.327 e. The lowest BCUT2D eigenvalue weighted by Gasteiger charge is -2.07. The molecule has 72 valence electrons. The van der Waals surface area contributed by atoms with Crippen LogP contribution in [0.5, 0.6) is 0 Å². The highest BCUT2D eigenvalue weighted by Crippen LogP contribution is 2.19. The van der Waals surface area contributed by atoms with Gasteiger partial charge in [0, 0.05) is 18.1 Å². The van der Waals surface area contributed by atoms with E-state index >= 15 is 0 Å². The fourth-order valence-corrected chi connectivity index (χ4v) is 1.94. The van der Waals surface area contributed by atoms with Crippen LogP contribution in [0.3, 0.4) is 0 Å². The maximum atomic E-state index is 4.56. The number of nitrogens with one attached hydrogen (secondary N) is 1. The number of rotatable bonds is 1. The molecule has 0 aromatic carbocycles. The molecule has 0 spiro atoms. The molecular formula is C10H12N4. The predicted octanol–water partition coefficient (Wildman–Crippen LogP) is 1.47. The SMILES string of the molecule is c1cn(-c2nc3c([nH]2)CCCC3)cn1. The number of hydrogen-bond donors (Lipinski definition) is 1. The maximum Gasteiger partial charge on any atom is 0.212 e. The molecule has 4 nitrogen and oxygen atoms in total. The molecule has 0 atom stereocenters. The summed E-state index contributed by atoms with van der Waals surface area (Å²) in [4.78, 5) is 11.9. The zero-order valence-electron chi connectivity index (χ0n) is 7.90. The van der Waals surface area contributed by atoms with Crippen LogP contribution in [-0.4, -0.2) is 19.5 Å². The first-order chi connectivity index (χ1) is 6.93. The lowest BCUT2D eigenvalue weighted by molar-refractivity contribution is 0.667. The van der Waals surface area contributed by atoms with E-state index in [2.05, 4.69) is 15.0 Å². The van der Waals surface area contributed by atoms with E-state index in [0.717, 1.165) is 18.8 Å². The van der Waals surface area contributed by atoms with E-state index in [4.69, 9.17) is 0 Å². The third-order valence-corrected chi connectivity index (χ3v) is 2.69.